The lowest BCUT2D eigenvalue weighted by Gasteiger charge is -2.32. The highest BCUT2D eigenvalue weighted by molar-refractivity contribution is 5.97. The number of carbonyl (C=O) groups is 2. The molecule has 2 aromatic rings. The molecule has 0 bridgehead atoms. The first-order chi connectivity index (χ1) is 16.5. The third-order valence-corrected chi connectivity index (χ3v) is 6.42. The van der Waals surface area contributed by atoms with Crippen LogP contribution in [0.4, 0.5) is 35.9 Å². The number of nitro groups is 1. The Bertz CT molecular complexity index is 1160. The zero-order valence-corrected chi connectivity index (χ0v) is 19.0. The third-order valence-electron chi connectivity index (χ3n) is 6.42. The molecule has 1 saturated heterocycles. The zero-order chi connectivity index (χ0) is 25.3. The molecule has 0 radical (unpaired) electrons. The van der Waals surface area contributed by atoms with Gasteiger partial charge >= 0.3 is 6.18 Å². The van der Waals surface area contributed by atoms with Gasteiger partial charge in [0.25, 0.3) is 5.69 Å². The van der Waals surface area contributed by atoms with E-state index in [1.54, 1.807) is 17.0 Å². The molecule has 0 atom stereocenters. The predicted molar refractivity (Wildman–Crippen MR) is 124 cm³/mol. The molecule has 2 aromatic carbocycles. The smallest absolute Gasteiger partial charge is 0.366 e. The number of nitrogens with one attached hydrogen (secondary N) is 2. The molecule has 0 aromatic heterocycles. The summed E-state index contributed by atoms with van der Waals surface area (Å²) in [7, 11) is 0. The maximum absolute atomic E-state index is 13.0. The highest BCUT2D eigenvalue weighted by atomic mass is 19.4. The number of piperidine rings is 1. The van der Waals surface area contributed by atoms with Gasteiger partial charge < -0.3 is 15.5 Å². The highest BCUT2D eigenvalue weighted by Gasteiger charge is 2.35. The average Bonchev–Trinajstić information content (AvgIpc) is 3.66. The molecular formula is C24H25F3N4O4. The van der Waals surface area contributed by atoms with Gasteiger partial charge in [-0.05, 0) is 62.4 Å². The quantitative estimate of drug-likeness (QED) is 0.432. The number of alkyl halides is 3. The van der Waals surface area contributed by atoms with Gasteiger partial charge in [0.2, 0.25) is 11.8 Å². The summed E-state index contributed by atoms with van der Waals surface area (Å²) in [6, 6.07) is 7.80. The molecule has 1 aliphatic carbocycles. The largest absolute Gasteiger partial charge is 0.416 e. The number of nitro benzene ring substituents is 1. The van der Waals surface area contributed by atoms with Crippen LogP contribution >= 0.6 is 0 Å². The Morgan fingerprint density at radius 3 is 2.20 bits per heavy atom. The first-order valence-corrected chi connectivity index (χ1v) is 11.4. The topological polar surface area (TPSA) is 105 Å². The van der Waals surface area contributed by atoms with Crippen LogP contribution in [0.5, 0.6) is 0 Å². The first kappa shape index (κ1) is 24.5. The molecule has 1 aliphatic heterocycles. The number of aryl methyl sites for hydroxylation is 1. The summed E-state index contributed by atoms with van der Waals surface area (Å²) in [6.45, 7) is 2.43. The normalized spacial score (nSPS) is 16.6. The van der Waals surface area contributed by atoms with E-state index in [-0.39, 0.29) is 29.3 Å². The summed E-state index contributed by atoms with van der Waals surface area (Å²) in [6.07, 6.45) is -2.13. The van der Waals surface area contributed by atoms with Crippen molar-refractivity contribution in [1.29, 1.82) is 0 Å². The monoisotopic (exact) mass is 490 g/mol. The Balaban J connectivity index is 1.40. The molecule has 11 heteroatoms. The van der Waals surface area contributed by atoms with Gasteiger partial charge in [-0.2, -0.15) is 13.2 Å². The van der Waals surface area contributed by atoms with Gasteiger partial charge in [0.15, 0.2) is 0 Å². The fourth-order valence-corrected chi connectivity index (χ4v) is 4.16. The molecular weight excluding hydrogens is 465 g/mol. The Morgan fingerprint density at radius 2 is 1.60 bits per heavy atom. The molecule has 2 N–H and O–H groups in total. The fraction of sp³-hybridized carbons (Fsp3) is 0.417. The second-order valence-electron chi connectivity index (χ2n) is 9.00. The number of hydrogen-bond acceptors (Lipinski definition) is 5. The van der Waals surface area contributed by atoms with Crippen molar-refractivity contribution in [3.05, 3.63) is 57.6 Å². The summed E-state index contributed by atoms with van der Waals surface area (Å²) in [5.41, 5.74) is 0.450. The van der Waals surface area contributed by atoms with Crippen molar-refractivity contribution in [2.75, 3.05) is 28.6 Å². The Kier molecular flexibility index (Phi) is 6.68. The molecule has 0 unspecified atom stereocenters. The van der Waals surface area contributed by atoms with Crippen molar-refractivity contribution in [3.63, 3.8) is 0 Å². The highest BCUT2D eigenvalue weighted by Crippen LogP contribution is 2.38. The van der Waals surface area contributed by atoms with E-state index in [1.165, 1.54) is 0 Å². The van der Waals surface area contributed by atoms with Gasteiger partial charge in [0.05, 0.1) is 10.5 Å². The Morgan fingerprint density at radius 1 is 0.971 bits per heavy atom. The minimum atomic E-state index is -4.68. The number of halogens is 3. The van der Waals surface area contributed by atoms with Crippen molar-refractivity contribution < 1.29 is 27.7 Å². The summed E-state index contributed by atoms with van der Waals surface area (Å²) in [5.74, 6) is -0.542. The van der Waals surface area contributed by atoms with Crippen molar-refractivity contribution in [2.24, 2.45) is 11.8 Å². The van der Waals surface area contributed by atoms with E-state index >= 15 is 0 Å². The second-order valence-corrected chi connectivity index (χ2v) is 9.00. The van der Waals surface area contributed by atoms with Crippen LogP contribution in [-0.4, -0.2) is 29.8 Å². The van der Waals surface area contributed by atoms with Crippen LogP contribution in [0.25, 0.3) is 0 Å². The van der Waals surface area contributed by atoms with Crippen LogP contribution in [0.3, 0.4) is 0 Å². The van der Waals surface area contributed by atoms with E-state index in [4.69, 9.17) is 0 Å². The van der Waals surface area contributed by atoms with Crippen molar-refractivity contribution in [3.8, 4) is 0 Å². The summed E-state index contributed by atoms with van der Waals surface area (Å²) >= 11 is 0. The first-order valence-electron chi connectivity index (χ1n) is 11.4. The summed E-state index contributed by atoms with van der Waals surface area (Å²) in [4.78, 5) is 37.1. The van der Waals surface area contributed by atoms with E-state index in [0.29, 0.717) is 43.4 Å². The van der Waals surface area contributed by atoms with Gasteiger partial charge in [-0.15, -0.1) is 0 Å². The standard InChI is InChI=1S/C24H25F3N4O4/c1-14-2-6-18(28-22(32)15-3-4-15)13-19(14)29-23(33)16-8-10-30(11-9-16)20-7-5-17(24(25,26)27)12-21(20)31(34)35/h2,5-7,12-13,15-16H,3-4,8-11H2,1H3,(H,28,32)(H,29,33). The number of hydrogen-bond donors (Lipinski definition) is 2. The Hall–Kier alpha value is -3.63. The minimum Gasteiger partial charge on any atom is -0.366 e. The molecule has 35 heavy (non-hydrogen) atoms. The number of anilines is 3. The van der Waals surface area contributed by atoms with Gasteiger partial charge in [0.1, 0.15) is 5.69 Å². The maximum atomic E-state index is 13.0. The van der Waals surface area contributed by atoms with Crippen molar-refractivity contribution in [1.82, 2.24) is 0 Å². The van der Waals surface area contributed by atoms with Crippen LogP contribution < -0.4 is 15.5 Å². The number of amides is 2. The molecule has 1 heterocycles. The van der Waals surface area contributed by atoms with Gasteiger partial charge in [-0.3, -0.25) is 19.7 Å². The lowest BCUT2D eigenvalue weighted by molar-refractivity contribution is -0.384. The van der Waals surface area contributed by atoms with Crippen molar-refractivity contribution >= 4 is 34.6 Å². The molecule has 2 amide bonds. The molecule has 8 nitrogen and oxygen atoms in total. The van der Waals surface area contributed by atoms with Gasteiger partial charge in [-0.1, -0.05) is 6.07 Å². The molecule has 2 aliphatic rings. The number of nitrogens with zero attached hydrogens (tertiary/aromatic N) is 2. The van der Waals surface area contributed by atoms with E-state index in [2.05, 4.69) is 10.6 Å². The zero-order valence-electron chi connectivity index (χ0n) is 19.0. The molecule has 0 spiro atoms. The lowest BCUT2D eigenvalue weighted by atomic mass is 9.95. The molecule has 1 saturated carbocycles. The van der Waals surface area contributed by atoms with Crippen LogP contribution in [0.2, 0.25) is 0 Å². The second kappa shape index (κ2) is 9.55. The number of benzene rings is 2. The summed E-state index contributed by atoms with van der Waals surface area (Å²) in [5, 5.41) is 17.2. The van der Waals surface area contributed by atoms with Gasteiger partial charge in [-0.25, -0.2) is 0 Å². The van der Waals surface area contributed by atoms with E-state index < -0.39 is 22.4 Å². The van der Waals surface area contributed by atoms with Crippen LogP contribution in [-0.2, 0) is 15.8 Å². The molecule has 4 rings (SSSR count). The maximum Gasteiger partial charge on any atom is 0.416 e. The van der Waals surface area contributed by atoms with Gasteiger partial charge in [0, 0.05) is 42.4 Å². The van der Waals surface area contributed by atoms with Crippen LogP contribution in [0.15, 0.2) is 36.4 Å². The summed E-state index contributed by atoms with van der Waals surface area (Å²) < 4.78 is 38.9. The average molecular weight is 490 g/mol. The number of rotatable bonds is 6. The van der Waals surface area contributed by atoms with E-state index in [0.717, 1.165) is 30.5 Å². The predicted octanol–water partition coefficient (Wildman–Crippen LogP) is 5.13. The third kappa shape index (κ3) is 5.72. The molecule has 186 valence electrons. The van der Waals surface area contributed by atoms with Crippen molar-refractivity contribution in [2.45, 2.75) is 38.8 Å². The van der Waals surface area contributed by atoms with E-state index in [1.807, 2.05) is 13.0 Å². The Labute approximate surface area is 199 Å². The molecule has 2 fully saturated rings. The lowest BCUT2D eigenvalue weighted by Crippen LogP contribution is -2.38. The van der Waals surface area contributed by atoms with E-state index in [9.17, 15) is 32.9 Å². The minimum absolute atomic E-state index is 0.0316. The SMILES string of the molecule is Cc1ccc(NC(=O)C2CC2)cc1NC(=O)C1CCN(c2ccc(C(F)(F)F)cc2[N+](=O)[O-])CC1. The van der Waals surface area contributed by atoms with Crippen LogP contribution in [0.1, 0.15) is 36.8 Å². The van der Waals surface area contributed by atoms with Crippen LogP contribution in [0, 0.1) is 28.9 Å². The number of carbonyl (C=O) groups excluding carboxylic acids is 2. The fourth-order valence-electron chi connectivity index (χ4n) is 4.16.